The van der Waals surface area contributed by atoms with Crippen LogP contribution in [-0.2, 0) is 5.75 Å². The van der Waals surface area contributed by atoms with E-state index in [4.69, 9.17) is 16.3 Å². The molecule has 1 aromatic heterocycles. The van der Waals surface area contributed by atoms with Crippen molar-refractivity contribution in [2.75, 3.05) is 0 Å². The summed E-state index contributed by atoms with van der Waals surface area (Å²) in [6.07, 6.45) is 0. The van der Waals surface area contributed by atoms with E-state index in [1.807, 2.05) is 18.2 Å². The van der Waals surface area contributed by atoms with Crippen LogP contribution in [-0.4, -0.2) is 9.97 Å². The Hall–Kier alpha value is -2.04. The molecule has 26 heavy (non-hydrogen) atoms. The van der Waals surface area contributed by atoms with Crippen LogP contribution in [0.15, 0.2) is 59.8 Å². The first-order chi connectivity index (χ1) is 12.5. The first-order valence-corrected chi connectivity index (χ1v) is 9.87. The summed E-state index contributed by atoms with van der Waals surface area (Å²) in [5.74, 6) is 2.38. The molecule has 0 bridgehead atoms. The maximum Gasteiger partial charge on any atom is 0.223 e. The second kappa shape index (κ2) is 8.56. The highest BCUT2D eigenvalue weighted by atomic mass is 35.5. The number of rotatable bonds is 6. The first-order valence-electron chi connectivity index (χ1n) is 8.50. The third-order valence-corrected chi connectivity index (χ3v) is 4.99. The van der Waals surface area contributed by atoms with Crippen molar-refractivity contribution in [3.63, 3.8) is 0 Å². The lowest BCUT2D eigenvalue weighted by Crippen LogP contribution is -1.99. The molecular formula is C21H21ClN2OS. The predicted octanol–water partition coefficient (Wildman–Crippen LogP) is 6.65. The number of ether oxygens (including phenoxy) is 1. The molecule has 0 N–H and O–H groups in total. The molecular weight excluding hydrogens is 364 g/mol. The van der Waals surface area contributed by atoms with E-state index in [1.165, 1.54) is 11.1 Å². The largest absolute Gasteiger partial charge is 0.439 e. The number of aromatic nitrogens is 2. The molecule has 2 aromatic carbocycles. The minimum absolute atomic E-state index is 0.296. The van der Waals surface area contributed by atoms with Crippen LogP contribution >= 0.6 is 23.4 Å². The van der Waals surface area contributed by atoms with Gasteiger partial charge in [-0.1, -0.05) is 67.0 Å². The lowest BCUT2D eigenvalue weighted by molar-refractivity contribution is 0.453. The number of thioether (sulfide) groups is 1. The van der Waals surface area contributed by atoms with E-state index < -0.39 is 0 Å². The summed E-state index contributed by atoms with van der Waals surface area (Å²) in [5.41, 5.74) is 3.48. The van der Waals surface area contributed by atoms with Gasteiger partial charge in [0.15, 0.2) is 5.16 Å². The smallest absolute Gasteiger partial charge is 0.223 e. The SMILES string of the molecule is Cc1ccc(CSc2nc(Oc3ccc(Cl)cc3)cc(C(C)C)n2)cc1. The number of hydrogen-bond acceptors (Lipinski definition) is 4. The molecule has 0 amide bonds. The molecule has 0 unspecified atom stereocenters. The van der Waals surface area contributed by atoms with Crippen LogP contribution in [0.4, 0.5) is 0 Å². The minimum Gasteiger partial charge on any atom is -0.439 e. The quantitative estimate of drug-likeness (QED) is 0.352. The van der Waals surface area contributed by atoms with E-state index >= 15 is 0 Å². The molecule has 3 rings (SSSR count). The van der Waals surface area contributed by atoms with Gasteiger partial charge in [0.25, 0.3) is 0 Å². The minimum atomic E-state index is 0.296. The molecule has 0 aliphatic rings. The molecule has 0 saturated carbocycles. The molecule has 3 nitrogen and oxygen atoms in total. The zero-order valence-corrected chi connectivity index (χ0v) is 16.6. The van der Waals surface area contributed by atoms with Gasteiger partial charge in [-0.15, -0.1) is 0 Å². The second-order valence-electron chi connectivity index (χ2n) is 6.40. The third kappa shape index (κ3) is 5.23. The summed E-state index contributed by atoms with van der Waals surface area (Å²) in [6, 6.07) is 17.7. The maximum absolute atomic E-state index is 5.93. The summed E-state index contributed by atoms with van der Waals surface area (Å²) in [6.45, 7) is 6.32. The van der Waals surface area contributed by atoms with Gasteiger partial charge in [-0.3, -0.25) is 0 Å². The summed E-state index contributed by atoms with van der Waals surface area (Å²) in [5, 5.41) is 1.40. The molecule has 0 atom stereocenters. The number of aryl methyl sites for hydroxylation is 1. The number of hydrogen-bond donors (Lipinski definition) is 0. The van der Waals surface area contributed by atoms with Crippen molar-refractivity contribution >= 4 is 23.4 Å². The van der Waals surface area contributed by atoms with E-state index in [0.717, 1.165) is 16.6 Å². The van der Waals surface area contributed by atoms with Crippen molar-refractivity contribution in [1.29, 1.82) is 0 Å². The lowest BCUT2D eigenvalue weighted by atomic mass is 10.1. The van der Waals surface area contributed by atoms with Gasteiger partial charge in [-0.2, -0.15) is 4.98 Å². The van der Waals surface area contributed by atoms with E-state index in [-0.39, 0.29) is 0 Å². The molecule has 0 aliphatic heterocycles. The van der Waals surface area contributed by atoms with Gasteiger partial charge >= 0.3 is 0 Å². The number of halogens is 1. The van der Waals surface area contributed by atoms with Gasteiger partial charge in [0.05, 0.1) is 5.69 Å². The van der Waals surface area contributed by atoms with E-state index in [1.54, 1.807) is 23.9 Å². The molecule has 0 spiro atoms. The van der Waals surface area contributed by atoms with Crippen LogP contribution in [0.2, 0.25) is 5.02 Å². The first kappa shape index (κ1) is 18.7. The Kier molecular flexibility index (Phi) is 6.17. The monoisotopic (exact) mass is 384 g/mol. The molecule has 0 radical (unpaired) electrons. The van der Waals surface area contributed by atoms with Crippen LogP contribution in [0.5, 0.6) is 11.6 Å². The Balaban J connectivity index is 1.79. The predicted molar refractivity (Wildman–Crippen MR) is 108 cm³/mol. The summed E-state index contributed by atoms with van der Waals surface area (Å²) >= 11 is 7.55. The van der Waals surface area contributed by atoms with Crippen molar-refractivity contribution in [3.05, 3.63) is 76.4 Å². The van der Waals surface area contributed by atoms with Crippen molar-refractivity contribution in [2.24, 2.45) is 0 Å². The molecule has 5 heteroatoms. The van der Waals surface area contributed by atoms with Crippen LogP contribution in [0, 0.1) is 6.92 Å². The van der Waals surface area contributed by atoms with Gasteiger partial charge < -0.3 is 4.74 Å². The highest BCUT2D eigenvalue weighted by Crippen LogP contribution is 2.28. The number of benzene rings is 2. The van der Waals surface area contributed by atoms with Gasteiger partial charge in [0.2, 0.25) is 5.88 Å². The van der Waals surface area contributed by atoms with Crippen LogP contribution in [0.1, 0.15) is 36.6 Å². The Morgan fingerprint density at radius 2 is 1.69 bits per heavy atom. The molecule has 0 fully saturated rings. The van der Waals surface area contributed by atoms with E-state index in [2.05, 4.69) is 55.0 Å². The summed E-state index contributed by atoms with van der Waals surface area (Å²) in [7, 11) is 0. The normalized spacial score (nSPS) is 11.0. The van der Waals surface area contributed by atoms with Gasteiger partial charge in [-0.25, -0.2) is 4.98 Å². The van der Waals surface area contributed by atoms with Crippen molar-refractivity contribution in [1.82, 2.24) is 9.97 Å². The van der Waals surface area contributed by atoms with Crippen molar-refractivity contribution in [3.8, 4) is 11.6 Å². The van der Waals surface area contributed by atoms with Crippen molar-refractivity contribution in [2.45, 2.75) is 37.6 Å². The maximum atomic E-state index is 5.93. The van der Waals surface area contributed by atoms with Crippen LogP contribution in [0.3, 0.4) is 0 Å². The lowest BCUT2D eigenvalue weighted by Gasteiger charge is -2.11. The summed E-state index contributed by atoms with van der Waals surface area (Å²) < 4.78 is 5.91. The summed E-state index contributed by atoms with van der Waals surface area (Å²) in [4.78, 5) is 9.23. The molecule has 0 aliphatic carbocycles. The second-order valence-corrected chi connectivity index (χ2v) is 7.78. The Labute approximate surface area is 163 Å². The Morgan fingerprint density at radius 1 is 1.00 bits per heavy atom. The van der Waals surface area contributed by atoms with Crippen molar-refractivity contribution < 1.29 is 4.74 Å². The Morgan fingerprint density at radius 3 is 2.35 bits per heavy atom. The average Bonchev–Trinajstić information content (AvgIpc) is 2.63. The zero-order chi connectivity index (χ0) is 18.5. The molecule has 1 heterocycles. The fourth-order valence-electron chi connectivity index (χ4n) is 2.29. The van der Waals surface area contributed by atoms with Crippen LogP contribution in [0.25, 0.3) is 0 Å². The van der Waals surface area contributed by atoms with E-state index in [0.29, 0.717) is 22.6 Å². The van der Waals surface area contributed by atoms with Crippen LogP contribution < -0.4 is 4.74 Å². The molecule has 134 valence electrons. The molecule has 3 aromatic rings. The average molecular weight is 385 g/mol. The van der Waals surface area contributed by atoms with Gasteiger partial charge in [0.1, 0.15) is 5.75 Å². The van der Waals surface area contributed by atoms with Gasteiger partial charge in [-0.05, 0) is 42.7 Å². The third-order valence-electron chi connectivity index (χ3n) is 3.82. The fourth-order valence-corrected chi connectivity index (χ4v) is 3.23. The topological polar surface area (TPSA) is 35.0 Å². The number of nitrogens with zero attached hydrogens (tertiary/aromatic N) is 2. The Bertz CT molecular complexity index is 864. The molecule has 0 saturated heterocycles. The highest BCUT2D eigenvalue weighted by molar-refractivity contribution is 7.98. The van der Waals surface area contributed by atoms with E-state index in [9.17, 15) is 0 Å². The van der Waals surface area contributed by atoms with Gasteiger partial charge in [0, 0.05) is 16.8 Å². The zero-order valence-electron chi connectivity index (χ0n) is 15.1. The highest BCUT2D eigenvalue weighted by Gasteiger charge is 2.10. The fraction of sp³-hybridized carbons (Fsp3) is 0.238. The standard InChI is InChI=1S/C21H21ClN2OS/c1-14(2)19-12-20(25-18-10-8-17(22)9-11-18)24-21(23-19)26-13-16-6-4-15(3)5-7-16/h4-12,14H,13H2,1-3H3.